The molecule has 13 heavy (non-hydrogen) atoms. The molecule has 0 saturated heterocycles. The lowest BCUT2D eigenvalue weighted by Gasteiger charge is -2.10. The molecule has 68 valence electrons. The van der Waals surface area contributed by atoms with E-state index in [1.165, 1.54) is 0 Å². The molecule has 3 nitrogen and oxygen atoms in total. The van der Waals surface area contributed by atoms with Crippen molar-refractivity contribution in [2.24, 2.45) is 0 Å². The van der Waals surface area contributed by atoms with Crippen LogP contribution in [0.25, 0.3) is 0 Å². The van der Waals surface area contributed by atoms with Crippen molar-refractivity contribution in [1.29, 1.82) is 5.26 Å². The van der Waals surface area contributed by atoms with Crippen molar-refractivity contribution in [3.63, 3.8) is 0 Å². The van der Waals surface area contributed by atoms with Crippen LogP contribution in [-0.4, -0.2) is 10.2 Å². The second-order valence-corrected chi connectivity index (χ2v) is 3.06. The van der Waals surface area contributed by atoms with Crippen molar-refractivity contribution in [1.82, 2.24) is 0 Å². The van der Waals surface area contributed by atoms with Gasteiger partial charge in [-0.2, -0.15) is 5.26 Å². The Morgan fingerprint density at radius 1 is 0.923 bits per heavy atom. The maximum atomic E-state index is 9.43. The number of hydrogen-bond donors (Lipinski definition) is 2. The van der Waals surface area contributed by atoms with Gasteiger partial charge in [0.1, 0.15) is 0 Å². The molecule has 0 radical (unpaired) electrons. The molecule has 0 spiro atoms. The van der Waals surface area contributed by atoms with Crippen LogP contribution in [0.15, 0.2) is 0 Å². The molecule has 2 N–H and O–H groups in total. The van der Waals surface area contributed by atoms with Crippen molar-refractivity contribution < 1.29 is 10.2 Å². The first kappa shape index (κ1) is 9.40. The molecule has 1 aromatic rings. The summed E-state index contributed by atoms with van der Waals surface area (Å²) in [6.07, 6.45) is 0. The molecule has 0 aliphatic rings. The quantitative estimate of drug-likeness (QED) is 0.595. The van der Waals surface area contributed by atoms with E-state index in [9.17, 15) is 10.2 Å². The number of aromatic hydroxyl groups is 2. The highest BCUT2D eigenvalue weighted by Crippen LogP contribution is 2.36. The zero-order valence-electron chi connectivity index (χ0n) is 7.84. The van der Waals surface area contributed by atoms with Gasteiger partial charge >= 0.3 is 0 Å². The average Bonchev–Trinajstić information content (AvgIpc) is 2.13. The predicted molar refractivity (Wildman–Crippen MR) is 48.7 cm³/mol. The Kier molecular flexibility index (Phi) is 2.16. The van der Waals surface area contributed by atoms with Gasteiger partial charge in [0, 0.05) is 5.56 Å². The topological polar surface area (TPSA) is 64.2 Å². The van der Waals surface area contributed by atoms with Gasteiger partial charge in [-0.05, 0) is 31.9 Å². The van der Waals surface area contributed by atoms with Crippen molar-refractivity contribution in [2.45, 2.75) is 20.8 Å². The Balaban J connectivity index is 3.69. The summed E-state index contributed by atoms with van der Waals surface area (Å²) >= 11 is 0. The molecular weight excluding hydrogens is 166 g/mol. The van der Waals surface area contributed by atoms with Crippen LogP contribution >= 0.6 is 0 Å². The number of rotatable bonds is 0. The lowest BCUT2D eigenvalue weighted by Crippen LogP contribution is -1.93. The fraction of sp³-hybridized carbons (Fsp3) is 0.300. The molecule has 0 heterocycles. The van der Waals surface area contributed by atoms with Gasteiger partial charge < -0.3 is 10.2 Å². The zero-order valence-corrected chi connectivity index (χ0v) is 7.84. The summed E-state index contributed by atoms with van der Waals surface area (Å²) < 4.78 is 0. The van der Waals surface area contributed by atoms with Crippen molar-refractivity contribution >= 4 is 0 Å². The highest BCUT2D eigenvalue weighted by atomic mass is 16.3. The molecule has 3 heteroatoms. The van der Waals surface area contributed by atoms with Crippen LogP contribution in [0.1, 0.15) is 22.3 Å². The minimum absolute atomic E-state index is 0.131. The lowest BCUT2D eigenvalue weighted by atomic mass is 9.97. The first-order chi connectivity index (χ1) is 6.00. The first-order valence-electron chi connectivity index (χ1n) is 3.92. The van der Waals surface area contributed by atoms with Gasteiger partial charge in [0.15, 0.2) is 11.5 Å². The van der Waals surface area contributed by atoms with Gasteiger partial charge in [0.2, 0.25) is 0 Å². The van der Waals surface area contributed by atoms with Crippen molar-refractivity contribution in [2.75, 3.05) is 0 Å². The number of benzene rings is 1. The number of nitriles is 1. The van der Waals surface area contributed by atoms with Gasteiger partial charge in [-0.3, -0.25) is 0 Å². The molecule has 0 fully saturated rings. The molecular formula is C10H11NO2. The number of phenolic OH excluding ortho intramolecular Hbond substituents is 2. The molecule has 0 bridgehead atoms. The van der Waals surface area contributed by atoms with E-state index in [0.717, 1.165) is 5.56 Å². The molecule has 0 aliphatic carbocycles. The van der Waals surface area contributed by atoms with Gasteiger partial charge in [0.05, 0.1) is 11.6 Å². The molecule has 0 aromatic heterocycles. The first-order valence-corrected chi connectivity index (χ1v) is 3.92. The summed E-state index contributed by atoms with van der Waals surface area (Å²) in [4.78, 5) is 0. The third kappa shape index (κ3) is 1.20. The number of hydrogen-bond acceptors (Lipinski definition) is 3. The van der Waals surface area contributed by atoms with E-state index in [0.29, 0.717) is 16.7 Å². The van der Waals surface area contributed by atoms with Crippen LogP contribution in [0.3, 0.4) is 0 Å². The Morgan fingerprint density at radius 3 is 1.85 bits per heavy atom. The van der Waals surface area contributed by atoms with E-state index in [2.05, 4.69) is 0 Å². The van der Waals surface area contributed by atoms with E-state index in [1.807, 2.05) is 6.07 Å². The molecule has 0 aliphatic heterocycles. The maximum absolute atomic E-state index is 9.43. The predicted octanol–water partition coefficient (Wildman–Crippen LogP) is 1.89. The fourth-order valence-electron chi connectivity index (χ4n) is 1.29. The molecule has 0 amide bonds. The molecule has 1 rings (SSSR count). The Labute approximate surface area is 76.9 Å². The zero-order chi connectivity index (χ0) is 10.2. The molecule has 0 unspecified atom stereocenters. The molecule has 0 saturated carbocycles. The van der Waals surface area contributed by atoms with E-state index < -0.39 is 0 Å². The molecule has 1 aromatic carbocycles. The maximum Gasteiger partial charge on any atom is 0.162 e. The number of nitrogens with zero attached hydrogens (tertiary/aromatic N) is 1. The van der Waals surface area contributed by atoms with Crippen LogP contribution in [0, 0.1) is 32.1 Å². The number of phenols is 2. The van der Waals surface area contributed by atoms with Crippen LogP contribution in [-0.2, 0) is 0 Å². The van der Waals surface area contributed by atoms with E-state index in [1.54, 1.807) is 20.8 Å². The normalized spacial score (nSPS) is 9.69. The van der Waals surface area contributed by atoms with Gasteiger partial charge in [-0.15, -0.1) is 0 Å². The van der Waals surface area contributed by atoms with Gasteiger partial charge in [0.25, 0.3) is 0 Å². The van der Waals surface area contributed by atoms with Crippen molar-refractivity contribution in [3.8, 4) is 17.6 Å². The second kappa shape index (κ2) is 2.98. The van der Waals surface area contributed by atoms with Gasteiger partial charge in [-0.1, -0.05) is 0 Å². The lowest BCUT2D eigenvalue weighted by molar-refractivity contribution is 0.398. The van der Waals surface area contributed by atoms with Crippen LogP contribution < -0.4 is 0 Å². The minimum Gasteiger partial charge on any atom is -0.504 e. The Hall–Kier alpha value is -1.69. The fourth-order valence-corrected chi connectivity index (χ4v) is 1.29. The Bertz CT molecular complexity index is 373. The highest BCUT2D eigenvalue weighted by Gasteiger charge is 2.15. The largest absolute Gasteiger partial charge is 0.504 e. The summed E-state index contributed by atoms with van der Waals surface area (Å²) in [6.45, 7) is 5.03. The van der Waals surface area contributed by atoms with E-state index in [-0.39, 0.29) is 11.5 Å². The van der Waals surface area contributed by atoms with Crippen molar-refractivity contribution in [3.05, 3.63) is 22.3 Å². The second-order valence-electron chi connectivity index (χ2n) is 3.06. The average molecular weight is 177 g/mol. The van der Waals surface area contributed by atoms with Gasteiger partial charge in [-0.25, -0.2) is 0 Å². The highest BCUT2D eigenvalue weighted by molar-refractivity contribution is 5.60. The SMILES string of the molecule is Cc1c(C)c(C#N)c(C)c(O)c1O. The molecule has 0 atom stereocenters. The van der Waals surface area contributed by atoms with E-state index in [4.69, 9.17) is 5.26 Å². The summed E-state index contributed by atoms with van der Waals surface area (Å²) in [5, 5.41) is 27.6. The van der Waals surface area contributed by atoms with Crippen LogP contribution in [0.4, 0.5) is 0 Å². The van der Waals surface area contributed by atoms with Crippen LogP contribution in [0.5, 0.6) is 11.5 Å². The third-order valence-electron chi connectivity index (χ3n) is 2.36. The monoisotopic (exact) mass is 177 g/mol. The van der Waals surface area contributed by atoms with E-state index >= 15 is 0 Å². The summed E-state index contributed by atoms with van der Waals surface area (Å²) in [5.74, 6) is -0.325. The third-order valence-corrected chi connectivity index (χ3v) is 2.36. The minimum atomic E-state index is -0.195. The Morgan fingerprint density at radius 2 is 1.38 bits per heavy atom. The summed E-state index contributed by atoms with van der Waals surface area (Å²) in [7, 11) is 0. The summed E-state index contributed by atoms with van der Waals surface area (Å²) in [5.41, 5.74) is 2.14. The van der Waals surface area contributed by atoms with Crippen LogP contribution in [0.2, 0.25) is 0 Å². The smallest absolute Gasteiger partial charge is 0.162 e. The summed E-state index contributed by atoms with van der Waals surface area (Å²) in [6, 6.07) is 2.00. The standard InChI is InChI=1S/C10H11NO2/c1-5-6(2)9(12)10(13)7(3)8(5)4-11/h12-13H,1-3H3.